The average Bonchev–Trinajstić information content (AvgIpc) is 3.48. The van der Waals surface area contributed by atoms with Crippen molar-refractivity contribution in [2.75, 3.05) is 18.0 Å². The number of thiophene rings is 1. The second-order valence-electron chi connectivity index (χ2n) is 8.80. The minimum absolute atomic E-state index is 0.0829. The van der Waals surface area contributed by atoms with Gasteiger partial charge in [-0.05, 0) is 30.0 Å². The third kappa shape index (κ3) is 3.34. The van der Waals surface area contributed by atoms with Crippen LogP contribution < -0.4 is 21.1 Å². The number of aromatic nitrogens is 2. The molecule has 3 aromatic rings. The molecule has 0 spiro atoms. The van der Waals surface area contributed by atoms with Crippen molar-refractivity contribution >= 4 is 23.1 Å². The molecule has 1 amide bonds. The first-order valence-corrected chi connectivity index (χ1v) is 12.0. The zero-order chi connectivity index (χ0) is 21.7. The predicted octanol–water partition coefficient (Wildman–Crippen LogP) is 2.32. The molecule has 1 unspecified atom stereocenters. The van der Waals surface area contributed by atoms with Gasteiger partial charge in [-0.3, -0.25) is 14.2 Å². The highest BCUT2D eigenvalue weighted by atomic mass is 32.1. The molecule has 6 rings (SSSR count). The third-order valence-corrected chi connectivity index (χ3v) is 7.96. The lowest BCUT2D eigenvalue weighted by Crippen LogP contribution is -2.49. The van der Waals surface area contributed by atoms with E-state index in [4.69, 9.17) is 0 Å². The smallest absolute Gasteiger partial charge is 0.294 e. The molecule has 0 radical (unpaired) electrons. The average molecular weight is 448 g/mol. The Hall–Kier alpha value is -2.97. The van der Waals surface area contributed by atoms with Gasteiger partial charge in [0, 0.05) is 53.7 Å². The second-order valence-corrected chi connectivity index (χ2v) is 10.0. The van der Waals surface area contributed by atoms with E-state index in [2.05, 4.69) is 33.8 Å². The first-order chi connectivity index (χ1) is 15.7. The lowest BCUT2D eigenvalue weighted by atomic mass is 9.91. The van der Waals surface area contributed by atoms with E-state index < -0.39 is 6.04 Å². The van der Waals surface area contributed by atoms with Crippen LogP contribution in [0.25, 0.3) is 0 Å². The Morgan fingerprint density at radius 3 is 2.88 bits per heavy atom. The van der Waals surface area contributed by atoms with Crippen LogP contribution in [0.1, 0.15) is 45.0 Å². The van der Waals surface area contributed by atoms with Gasteiger partial charge in [-0.1, -0.05) is 30.3 Å². The van der Waals surface area contributed by atoms with Gasteiger partial charge in [-0.15, -0.1) is 11.3 Å². The molecule has 1 atom stereocenters. The minimum atomic E-state index is -0.459. The monoisotopic (exact) mass is 447 g/mol. The summed E-state index contributed by atoms with van der Waals surface area (Å²) in [5.74, 6) is 0.792. The molecule has 8 heteroatoms. The number of carbonyl (C=O) groups excluding carboxylic acids is 1. The lowest BCUT2D eigenvalue weighted by Gasteiger charge is -2.40. The van der Waals surface area contributed by atoms with E-state index in [1.165, 1.54) is 20.9 Å². The molecule has 5 heterocycles. The highest BCUT2D eigenvalue weighted by Crippen LogP contribution is 2.31. The highest BCUT2D eigenvalue weighted by Gasteiger charge is 2.35. The van der Waals surface area contributed by atoms with Crippen molar-refractivity contribution in [3.8, 4) is 0 Å². The fourth-order valence-corrected chi connectivity index (χ4v) is 6.10. The molecule has 7 nitrogen and oxygen atoms in total. The van der Waals surface area contributed by atoms with Crippen LogP contribution in [0.5, 0.6) is 0 Å². The van der Waals surface area contributed by atoms with Crippen molar-refractivity contribution in [2.45, 2.75) is 44.4 Å². The Morgan fingerprint density at radius 2 is 2.06 bits per heavy atom. The molecule has 3 aliphatic heterocycles. The molecule has 1 fully saturated rings. The Balaban J connectivity index is 1.16. The summed E-state index contributed by atoms with van der Waals surface area (Å²) in [7, 11) is 0. The molecule has 32 heavy (non-hydrogen) atoms. The Kier molecular flexibility index (Phi) is 4.84. The van der Waals surface area contributed by atoms with Crippen LogP contribution in [-0.2, 0) is 30.8 Å². The highest BCUT2D eigenvalue weighted by molar-refractivity contribution is 7.12. The van der Waals surface area contributed by atoms with Crippen molar-refractivity contribution in [1.29, 1.82) is 0 Å². The van der Waals surface area contributed by atoms with Gasteiger partial charge >= 0.3 is 0 Å². The summed E-state index contributed by atoms with van der Waals surface area (Å²) >= 11 is 1.75. The SMILES string of the molecule is O=C(NCc1cc2c(s1)CNC2)C1CCc2cnc(N3CC(c4ccccc4)C3)c(=O)n21. The van der Waals surface area contributed by atoms with Gasteiger partial charge in [-0.2, -0.15) is 0 Å². The zero-order valence-electron chi connectivity index (χ0n) is 17.7. The standard InChI is InChI=1S/C24H25N5O2S/c30-23(27-11-19-8-16-9-25-12-21(16)32-19)20-7-6-18-10-26-22(24(31)29(18)20)28-13-17(14-28)15-4-2-1-3-5-15/h1-5,8,10,17,20,25H,6-7,9,11-14H2,(H,27,30). The van der Waals surface area contributed by atoms with E-state index in [0.717, 1.165) is 31.9 Å². The number of amides is 1. The van der Waals surface area contributed by atoms with E-state index in [9.17, 15) is 9.59 Å². The van der Waals surface area contributed by atoms with Gasteiger partial charge in [0.15, 0.2) is 5.82 Å². The van der Waals surface area contributed by atoms with Crippen molar-refractivity contribution in [1.82, 2.24) is 20.2 Å². The number of hydrogen-bond acceptors (Lipinski definition) is 6. The summed E-state index contributed by atoms with van der Waals surface area (Å²) in [4.78, 5) is 35.3. The van der Waals surface area contributed by atoms with Gasteiger partial charge in [0.2, 0.25) is 5.91 Å². The number of nitrogens with one attached hydrogen (secondary N) is 2. The van der Waals surface area contributed by atoms with Crippen molar-refractivity contribution in [2.24, 2.45) is 0 Å². The summed E-state index contributed by atoms with van der Waals surface area (Å²) in [6.45, 7) is 3.89. The third-order valence-electron chi connectivity index (χ3n) is 6.78. The molecule has 0 aliphatic carbocycles. The second kappa shape index (κ2) is 7.86. The first-order valence-electron chi connectivity index (χ1n) is 11.2. The van der Waals surface area contributed by atoms with E-state index in [-0.39, 0.29) is 11.5 Å². The number of hydrogen-bond donors (Lipinski definition) is 2. The van der Waals surface area contributed by atoms with Gasteiger partial charge in [-0.25, -0.2) is 4.98 Å². The van der Waals surface area contributed by atoms with Crippen molar-refractivity contribution in [3.63, 3.8) is 0 Å². The number of rotatable bonds is 5. The van der Waals surface area contributed by atoms with Gasteiger partial charge < -0.3 is 15.5 Å². The topological polar surface area (TPSA) is 79.3 Å². The van der Waals surface area contributed by atoms with Crippen LogP contribution in [0.2, 0.25) is 0 Å². The summed E-state index contributed by atoms with van der Waals surface area (Å²) in [6, 6.07) is 12.1. The van der Waals surface area contributed by atoms with Gasteiger partial charge in [0.05, 0.1) is 6.54 Å². The fourth-order valence-electron chi connectivity index (χ4n) is 5.00. The van der Waals surface area contributed by atoms with Crippen LogP contribution in [0, 0.1) is 0 Å². The number of carbonyl (C=O) groups is 1. The predicted molar refractivity (Wildman–Crippen MR) is 124 cm³/mol. The molecular weight excluding hydrogens is 422 g/mol. The maximum Gasteiger partial charge on any atom is 0.294 e. The first kappa shape index (κ1) is 19.7. The molecule has 3 aliphatic rings. The Bertz CT molecular complexity index is 1210. The molecule has 1 saturated heterocycles. The van der Waals surface area contributed by atoms with Gasteiger partial charge in [0.25, 0.3) is 5.56 Å². The Labute approximate surface area is 190 Å². The number of aryl methyl sites for hydroxylation is 1. The largest absolute Gasteiger partial charge is 0.351 e. The summed E-state index contributed by atoms with van der Waals surface area (Å²) in [6.07, 6.45) is 3.12. The van der Waals surface area contributed by atoms with Crippen LogP contribution in [-0.4, -0.2) is 28.5 Å². The normalized spacial score (nSPS) is 19.5. The lowest BCUT2D eigenvalue weighted by molar-refractivity contribution is -0.124. The van der Waals surface area contributed by atoms with E-state index in [1.807, 2.05) is 23.1 Å². The molecule has 0 saturated carbocycles. The number of nitrogens with zero attached hydrogens (tertiary/aromatic N) is 3. The number of anilines is 1. The van der Waals surface area contributed by atoms with Gasteiger partial charge in [0.1, 0.15) is 6.04 Å². The Morgan fingerprint density at radius 1 is 1.22 bits per heavy atom. The van der Waals surface area contributed by atoms with E-state index in [0.29, 0.717) is 31.1 Å². The van der Waals surface area contributed by atoms with Crippen molar-refractivity contribution < 1.29 is 4.79 Å². The molecule has 2 aromatic heterocycles. The molecular formula is C24H25N5O2S. The summed E-state index contributed by atoms with van der Waals surface area (Å²) in [5.41, 5.74) is 3.33. The molecule has 0 bridgehead atoms. The number of fused-ring (bicyclic) bond motifs is 2. The maximum atomic E-state index is 13.3. The van der Waals surface area contributed by atoms with Crippen molar-refractivity contribution in [3.05, 3.63) is 79.5 Å². The molecule has 164 valence electrons. The quantitative estimate of drug-likeness (QED) is 0.628. The minimum Gasteiger partial charge on any atom is -0.351 e. The fraction of sp³-hybridized carbons (Fsp3) is 0.375. The summed E-state index contributed by atoms with van der Waals surface area (Å²) in [5, 5.41) is 6.39. The zero-order valence-corrected chi connectivity index (χ0v) is 18.5. The summed E-state index contributed by atoms with van der Waals surface area (Å²) < 4.78 is 1.67. The van der Waals surface area contributed by atoms with Crippen LogP contribution >= 0.6 is 11.3 Å². The molecule has 1 aromatic carbocycles. The van der Waals surface area contributed by atoms with E-state index >= 15 is 0 Å². The van der Waals surface area contributed by atoms with Crippen LogP contribution in [0.15, 0.2) is 47.4 Å². The van der Waals surface area contributed by atoms with E-state index in [1.54, 1.807) is 22.1 Å². The number of benzene rings is 1. The maximum absolute atomic E-state index is 13.3. The van der Waals surface area contributed by atoms with Crippen LogP contribution in [0.4, 0.5) is 5.82 Å². The van der Waals surface area contributed by atoms with Crippen LogP contribution in [0.3, 0.4) is 0 Å². The molecule has 2 N–H and O–H groups in total.